The molecule has 0 atom stereocenters. The van der Waals surface area contributed by atoms with Crippen LogP contribution in [0.5, 0.6) is 0 Å². The zero-order valence-corrected chi connectivity index (χ0v) is 5.84. The number of carboxylic acid groups (broad SMARTS) is 2. The summed E-state index contributed by atoms with van der Waals surface area (Å²) < 4.78 is 0. The van der Waals surface area contributed by atoms with E-state index in [2.05, 4.69) is 6.58 Å². The third kappa shape index (κ3) is 28.2. The summed E-state index contributed by atoms with van der Waals surface area (Å²) in [6, 6.07) is 0. The van der Waals surface area contributed by atoms with Crippen LogP contribution >= 0.6 is 11.6 Å². The van der Waals surface area contributed by atoms with E-state index < -0.39 is 11.9 Å². The molecule has 0 amide bonds. The summed E-state index contributed by atoms with van der Waals surface area (Å²) in [6.07, 6.45) is 0.833. The minimum absolute atomic E-state index is 0.306. The van der Waals surface area contributed by atoms with Gasteiger partial charge in [-0.05, 0) is 0 Å². The smallest absolute Gasteiger partial charge is 0.327 e. The van der Waals surface area contributed by atoms with Crippen molar-refractivity contribution in [1.82, 2.24) is 0 Å². The molecule has 5 heteroatoms. The molecule has 0 aliphatic carbocycles. The molecule has 0 aromatic rings. The largest absolute Gasteiger partial charge is 0.480 e. The minimum Gasteiger partial charge on any atom is -0.480 e. The van der Waals surface area contributed by atoms with Crippen molar-refractivity contribution in [3.63, 3.8) is 0 Å². The van der Waals surface area contributed by atoms with Gasteiger partial charge in [-0.3, -0.25) is 4.79 Å². The van der Waals surface area contributed by atoms with Gasteiger partial charge in [0, 0.05) is 6.08 Å². The maximum absolute atomic E-state index is 9.25. The highest BCUT2D eigenvalue weighted by Crippen LogP contribution is 1.67. The molecule has 2 N–H and O–H groups in total. The highest BCUT2D eigenvalue weighted by Gasteiger charge is 1.83. The Morgan fingerprint density at radius 2 is 1.70 bits per heavy atom. The normalized spacial score (nSPS) is 6.90. The van der Waals surface area contributed by atoms with Gasteiger partial charge in [0.2, 0.25) is 0 Å². The van der Waals surface area contributed by atoms with E-state index in [-0.39, 0.29) is 5.88 Å². The molecule has 0 aromatic carbocycles. The maximum Gasteiger partial charge on any atom is 0.327 e. The number of hydrogen-bond donors (Lipinski definition) is 2. The van der Waals surface area contributed by atoms with Crippen LogP contribution in [0.2, 0.25) is 0 Å². The lowest BCUT2D eigenvalue weighted by Gasteiger charge is -1.69. The van der Waals surface area contributed by atoms with Crippen LogP contribution in [0.15, 0.2) is 12.7 Å². The number of hydrogen-bond acceptors (Lipinski definition) is 2. The molecule has 0 saturated carbocycles. The van der Waals surface area contributed by atoms with Crippen molar-refractivity contribution >= 4 is 23.5 Å². The van der Waals surface area contributed by atoms with E-state index in [1.165, 1.54) is 0 Å². The number of aliphatic carboxylic acids is 2. The number of alkyl halides is 1. The standard InChI is InChI=1S/C3H4O2.C2H3ClO2/c1-2-3(4)5;3-1-2(4)5/h2H,1H2,(H,4,5);1H2,(H,4,5). The van der Waals surface area contributed by atoms with Crippen LogP contribution in [0.4, 0.5) is 0 Å². The first kappa shape index (κ1) is 11.7. The van der Waals surface area contributed by atoms with Crippen LogP contribution in [0, 0.1) is 0 Å². The Balaban J connectivity index is 0. The molecule has 0 spiro atoms. The Kier molecular flexibility index (Phi) is 9.35. The molecule has 58 valence electrons. The SMILES string of the molecule is C=CC(=O)O.O=C(O)CCl. The van der Waals surface area contributed by atoms with Crippen LogP contribution in [0.1, 0.15) is 0 Å². The Bertz CT molecular complexity index is 132. The van der Waals surface area contributed by atoms with Crippen molar-refractivity contribution in [1.29, 1.82) is 0 Å². The molecule has 0 radical (unpaired) electrons. The Labute approximate surface area is 62.7 Å². The number of halogens is 1. The Morgan fingerprint density at radius 1 is 1.50 bits per heavy atom. The Morgan fingerprint density at radius 3 is 1.70 bits per heavy atom. The quantitative estimate of drug-likeness (QED) is 0.465. The van der Waals surface area contributed by atoms with E-state index >= 15 is 0 Å². The van der Waals surface area contributed by atoms with Crippen molar-refractivity contribution in [3.05, 3.63) is 12.7 Å². The van der Waals surface area contributed by atoms with E-state index in [4.69, 9.17) is 21.8 Å². The lowest BCUT2D eigenvalue weighted by atomic mass is 10.7. The van der Waals surface area contributed by atoms with Crippen LogP contribution < -0.4 is 0 Å². The fourth-order valence-corrected chi connectivity index (χ4v) is 0. The van der Waals surface area contributed by atoms with Crippen molar-refractivity contribution in [2.45, 2.75) is 0 Å². The van der Waals surface area contributed by atoms with E-state index in [0.717, 1.165) is 6.08 Å². The van der Waals surface area contributed by atoms with Gasteiger partial charge >= 0.3 is 11.9 Å². The van der Waals surface area contributed by atoms with Gasteiger partial charge in [0.15, 0.2) is 0 Å². The van der Waals surface area contributed by atoms with Gasteiger partial charge in [-0.1, -0.05) is 6.58 Å². The average Bonchev–Trinajstić information content (AvgIpc) is 1.89. The summed E-state index contributed by atoms with van der Waals surface area (Å²) in [4.78, 5) is 18.5. The predicted molar refractivity (Wildman–Crippen MR) is 36.2 cm³/mol. The molecule has 0 bridgehead atoms. The molecule has 10 heavy (non-hydrogen) atoms. The van der Waals surface area contributed by atoms with Crippen LogP contribution in [-0.4, -0.2) is 28.0 Å². The maximum atomic E-state index is 9.25. The first-order valence-corrected chi connectivity index (χ1v) is 2.71. The molecule has 4 nitrogen and oxygen atoms in total. The molecule has 0 aliphatic rings. The van der Waals surface area contributed by atoms with Gasteiger partial charge in [-0.15, -0.1) is 11.6 Å². The van der Waals surface area contributed by atoms with Crippen molar-refractivity contribution in [2.24, 2.45) is 0 Å². The number of carbonyl (C=O) groups is 2. The van der Waals surface area contributed by atoms with E-state index in [0.29, 0.717) is 0 Å². The highest BCUT2D eigenvalue weighted by molar-refractivity contribution is 6.26. The zero-order valence-electron chi connectivity index (χ0n) is 5.08. The average molecular weight is 167 g/mol. The van der Waals surface area contributed by atoms with Crippen molar-refractivity contribution < 1.29 is 19.8 Å². The van der Waals surface area contributed by atoms with E-state index in [1.807, 2.05) is 0 Å². The molecule has 0 rings (SSSR count). The summed E-state index contributed by atoms with van der Waals surface area (Å²) in [5, 5.41) is 15.2. The van der Waals surface area contributed by atoms with Gasteiger partial charge in [0.05, 0.1) is 0 Å². The second-order valence-corrected chi connectivity index (χ2v) is 1.34. The summed E-state index contributed by atoms with van der Waals surface area (Å²) in [7, 11) is 0. The molecule has 0 unspecified atom stereocenters. The van der Waals surface area contributed by atoms with Gasteiger partial charge in [0.25, 0.3) is 0 Å². The predicted octanol–water partition coefficient (Wildman–Crippen LogP) is 0.567. The second-order valence-electron chi connectivity index (χ2n) is 1.07. The zero-order chi connectivity index (χ0) is 8.57. The summed E-state index contributed by atoms with van der Waals surface area (Å²) in [5.41, 5.74) is 0. The van der Waals surface area contributed by atoms with Gasteiger partial charge in [-0.2, -0.15) is 0 Å². The molecule has 0 fully saturated rings. The third-order valence-electron chi connectivity index (χ3n) is 0.289. The minimum atomic E-state index is -0.981. The highest BCUT2D eigenvalue weighted by atomic mass is 35.5. The fraction of sp³-hybridized carbons (Fsp3) is 0.200. The van der Waals surface area contributed by atoms with E-state index in [1.54, 1.807) is 0 Å². The van der Waals surface area contributed by atoms with E-state index in [9.17, 15) is 9.59 Å². The molecular formula is C5H7ClO4. The van der Waals surface area contributed by atoms with Crippen molar-refractivity contribution in [3.8, 4) is 0 Å². The topological polar surface area (TPSA) is 74.6 Å². The number of carboxylic acids is 2. The molecule has 0 saturated heterocycles. The lowest BCUT2D eigenvalue weighted by Crippen LogP contribution is -1.92. The monoisotopic (exact) mass is 166 g/mol. The van der Waals surface area contributed by atoms with Crippen LogP contribution in [-0.2, 0) is 9.59 Å². The first-order chi connectivity index (χ1) is 4.54. The van der Waals surface area contributed by atoms with Crippen molar-refractivity contribution in [2.75, 3.05) is 5.88 Å². The third-order valence-corrected chi connectivity index (χ3v) is 0.518. The van der Waals surface area contributed by atoms with Crippen LogP contribution in [0.3, 0.4) is 0 Å². The van der Waals surface area contributed by atoms with Gasteiger partial charge in [-0.25, -0.2) is 4.79 Å². The molecular weight excluding hydrogens is 160 g/mol. The number of rotatable bonds is 2. The summed E-state index contributed by atoms with van der Waals surface area (Å²) in [6.45, 7) is 2.96. The fourth-order valence-electron chi connectivity index (χ4n) is 0. The summed E-state index contributed by atoms with van der Waals surface area (Å²) in [5.74, 6) is -2.27. The Hall–Kier alpha value is -1.03. The van der Waals surface area contributed by atoms with Gasteiger partial charge < -0.3 is 10.2 Å². The lowest BCUT2D eigenvalue weighted by molar-refractivity contribution is -0.134. The molecule has 0 heterocycles. The summed E-state index contributed by atoms with van der Waals surface area (Å²) >= 11 is 4.74. The van der Waals surface area contributed by atoms with Crippen LogP contribution in [0.25, 0.3) is 0 Å². The van der Waals surface area contributed by atoms with Gasteiger partial charge in [0.1, 0.15) is 5.88 Å². The first-order valence-electron chi connectivity index (χ1n) is 2.17. The molecule has 0 aliphatic heterocycles. The second kappa shape index (κ2) is 7.97. The molecule has 0 aromatic heterocycles.